The Morgan fingerprint density at radius 2 is 2.30 bits per heavy atom. The van der Waals surface area contributed by atoms with E-state index in [1.807, 2.05) is 24.3 Å². The van der Waals surface area contributed by atoms with Gasteiger partial charge in [0, 0.05) is 19.4 Å². The quantitative estimate of drug-likeness (QED) is 0.643. The largest absolute Gasteiger partial charge is 0.381 e. The Hall–Kier alpha value is -1.33. The molecule has 0 amide bonds. The van der Waals surface area contributed by atoms with E-state index in [4.69, 9.17) is 4.74 Å². The summed E-state index contributed by atoms with van der Waals surface area (Å²) in [6.45, 7) is 1.71. The van der Waals surface area contributed by atoms with Crippen molar-refractivity contribution in [3.63, 3.8) is 0 Å². The molecule has 1 aromatic heterocycles. The summed E-state index contributed by atoms with van der Waals surface area (Å²) >= 11 is 1.65. The molecule has 2 heterocycles. The fourth-order valence-electron chi connectivity index (χ4n) is 2.46. The molecule has 1 fully saturated rings. The molecule has 1 saturated heterocycles. The van der Waals surface area contributed by atoms with Crippen molar-refractivity contribution in [2.24, 2.45) is 13.0 Å². The number of hydrogen-bond donors (Lipinski definition) is 0. The van der Waals surface area contributed by atoms with Gasteiger partial charge in [0.1, 0.15) is 0 Å². The van der Waals surface area contributed by atoms with Gasteiger partial charge in [-0.1, -0.05) is 23.9 Å². The Labute approximate surface area is 122 Å². The van der Waals surface area contributed by atoms with Crippen molar-refractivity contribution >= 4 is 22.7 Å². The topological polar surface area (TPSA) is 44.1 Å². The highest BCUT2D eigenvalue weighted by Gasteiger charge is 2.16. The van der Waals surface area contributed by atoms with Crippen molar-refractivity contribution in [2.75, 3.05) is 19.0 Å². The summed E-state index contributed by atoms with van der Waals surface area (Å²) in [5.74, 6) is 1.52. The van der Waals surface area contributed by atoms with Crippen LogP contribution < -0.4 is 5.56 Å². The lowest BCUT2D eigenvalue weighted by Crippen LogP contribution is -2.22. The minimum absolute atomic E-state index is 0.0259. The van der Waals surface area contributed by atoms with Crippen molar-refractivity contribution in [3.8, 4) is 0 Å². The highest BCUT2D eigenvalue weighted by atomic mass is 32.2. The highest BCUT2D eigenvalue weighted by molar-refractivity contribution is 7.99. The normalized spacial score (nSPS) is 19.4. The molecule has 1 atom stereocenters. The van der Waals surface area contributed by atoms with Crippen LogP contribution in [0.15, 0.2) is 34.2 Å². The molecular formula is C15H18N2O2S. The molecule has 0 radical (unpaired) electrons. The lowest BCUT2D eigenvalue weighted by Gasteiger charge is -2.21. The van der Waals surface area contributed by atoms with E-state index in [0.717, 1.165) is 36.1 Å². The summed E-state index contributed by atoms with van der Waals surface area (Å²) in [6, 6.07) is 7.51. The summed E-state index contributed by atoms with van der Waals surface area (Å²) in [5.41, 5.74) is 0.802. The molecule has 106 valence electrons. The predicted octanol–water partition coefficient (Wildman–Crippen LogP) is 2.45. The molecule has 0 aliphatic carbocycles. The van der Waals surface area contributed by atoms with Gasteiger partial charge < -0.3 is 4.74 Å². The van der Waals surface area contributed by atoms with E-state index in [1.165, 1.54) is 6.42 Å². The second-order valence-electron chi connectivity index (χ2n) is 5.17. The third-order valence-electron chi connectivity index (χ3n) is 3.64. The number of aromatic nitrogens is 2. The third-order valence-corrected chi connectivity index (χ3v) is 4.91. The highest BCUT2D eigenvalue weighted by Crippen LogP contribution is 2.23. The molecular weight excluding hydrogens is 272 g/mol. The zero-order valence-electron chi connectivity index (χ0n) is 11.5. The number of thioether (sulfide) groups is 1. The summed E-state index contributed by atoms with van der Waals surface area (Å²) < 4.78 is 7.14. The average Bonchev–Trinajstić information content (AvgIpc) is 2.50. The minimum atomic E-state index is 0.0259. The van der Waals surface area contributed by atoms with Gasteiger partial charge in [-0.05, 0) is 30.9 Å². The zero-order chi connectivity index (χ0) is 13.9. The first-order valence-electron chi connectivity index (χ1n) is 6.92. The molecule has 3 rings (SSSR count). The van der Waals surface area contributed by atoms with Crippen LogP contribution >= 0.6 is 11.8 Å². The Morgan fingerprint density at radius 3 is 3.10 bits per heavy atom. The number of benzene rings is 1. The van der Waals surface area contributed by atoms with E-state index in [9.17, 15) is 4.79 Å². The second-order valence-corrected chi connectivity index (χ2v) is 6.16. The molecule has 1 unspecified atom stereocenters. The fraction of sp³-hybridized carbons (Fsp3) is 0.467. The van der Waals surface area contributed by atoms with Gasteiger partial charge in [0.2, 0.25) is 0 Å². The standard InChI is InChI=1S/C15H18N2O2S/c1-17-14(18)12-6-2-3-7-13(12)16-15(17)20-10-11-5-4-8-19-9-11/h2-3,6-7,11H,4-5,8-10H2,1H3. The Kier molecular flexibility index (Phi) is 4.08. The van der Waals surface area contributed by atoms with Gasteiger partial charge in [0.25, 0.3) is 5.56 Å². The van der Waals surface area contributed by atoms with Gasteiger partial charge in [-0.3, -0.25) is 9.36 Å². The SMILES string of the molecule is Cn1c(SCC2CCCOC2)nc2ccccc2c1=O. The van der Waals surface area contributed by atoms with E-state index in [0.29, 0.717) is 11.3 Å². The molecule has 0 spiro atoms. The van der Waals surface area contributed by atoms with Crippen molar-refractivity contribution in [3.05, 3.63) is 34.6 Å². The Morgan fingerprint density at radius 1 is 1.45 bits per heavy atom. The zero-order valence-corrected chi connectivity index (χ0v) is 12.4. The van der Waals surface area contributed by atoms with Gasteiger partial charge in [-0.25, -0.2) is 4.98 Å². The van der Waals surface area contributed by atoms with Crippen LogP contribution in [0.4, 0.5) is 0 Å². The number of nitrogens with zero attached hydrogens (tertiary/aromatic N) is 2. The van der Waals surface area contributed by atoms with Gasteiger partial charge >= 0.3 is 0 Å². The average molecular weight is 290 g/mol. The van der Waals surface area contributed by atoms with E-state index >= 15 is 0 Å². The lowest BCUT2D eigenvalue weighted by atomic mass is 10.1. The van der Waals surface area contributed by atoms with Crippen LogP contribution in [0.1, 0.15) is 12.8 Å². The van der Waals surface area contributed by atoms with E-state index in [2.05, 4.69) is 4.98 Å². The number of hydrogen-bond acceptors (Lipinski definition) is 4. The number of rotatable bonds is 3. The van der Waals surface area contributed by atoms with Crippen LogP contribution in [0.5, 0.6) is 0 Å². The molecule has 2 aromatic rings. The first kappa shape index (κ1) is 13.6. The molecule has 1 aliphatic rings. The van der Waals surface area contributed by atoms with Crippen LogP contribution in [0, 0.1) is 5.92 Å². The molecule has 1 aliphatic heterocycles. The number of fused-ring (bicyclic) bond motifs is 1. The van der Waals surface area contributed by atoms with Crippen LogP contribution in [0.25, 0.3) is 10.9 Å². The maximum absolute atomic E-state index is 12.3. The Bertz CT molecular complexity index is 662. The predicted molar refractivity (Wildman–Crippen MR) is 81.3 cm³/mol. The molecule has 5 heteroatoms. The minimum Gasteiger partial charge on any atom is -0.381 e. The molecule has 0 bridgehead atoms. The summed E-state index contributed by atoms with van der Waals surface area (Å²) in [7, 11) is 1.79. The van der Waals surface area contributed by atoms with E-state index in [-0.39, 0.29) is 5.56 Å². The smallest absolute Gasteiger partial charge is 0.261 e. The van der Waals surface area contributed by atoms with E-state index < -0.39 is 0 Å². The third kappa shape index (κ3) is 2.74. The van der Waals surface area contributed by atoms with E-state index in [1.54, 1.807) is 23.4 Å². The van der Waals surface area contributed by atoms with Crippen molar-refractivity contribution < 1.29 is 4.74 Å². The first-order chi connectivity index (χ1) is 9.75. The maximum atomic E-state index is 12.3. The van der Waals surface area contributed by atoms with Crippen molar-refractivity contribution in [1.29, 1.82) is 0 Å². The van der Waals surface area contributed by atoms with Gasteiger partial charge in [-0.2, -0.15) is 0 Å². The van der Waals surface area contributed by atoms with Crippen molar-refractivity contribution in [1.82, 2.24) is 9.55 Å². The van der Waals surface area contributed by atoms with Crippen LogP contribution in [0.3, 0.4) is 0 Å². The first-order valence-corrected chi connectivity index (χ1v) is 7.90. The second kappa shape index (κ2) is 5.97. The molecule has 0 N–H and O–H groups in total. The maximum Gasteiger partial charge on any atom is 0.261 e. The van der Waals surface area contributed by atoms with Gasteiger partial charge in [0.15, 0.2) is 5.16 Å². The number of ether oxygens (including phenoxy) is 1. The number of para-hydroxylation sites is 1. The molecule has 1 aromatic carbocycles. The van der Waals surface area contributed by atoms with Crippen molar-refractivity contribution in [2.45, 2.75) is 18.0 Å². The monoisotopic (exact) mass is 290 g/mol. The van der Waals surface area contributed by atoms with Crippen LogP contribution in [-0.4, -0.2) is 28.5 Å². The summed E-state index contributed by atoms with van der Waals surface area (Å²) in [4.78, 5) is 16.9. The van der Waals surface area contributed by atoms with Gasteiger partial charge in [-0.15, -0.1) is 0 Å². The molecule has 20 heavy (non-hydrogen) atoms. The van der Waals surface area contributed by atoms with Crippen LogP contribution in [0.2, 0.25) is 0 Å². The summed E-state index contributed by atoms with van der Waals surface area (Å²) in [5, 5.41) is 1.47. The van der Waals surface area contributed by atoms with Gasteiger partial charge in [0.05, 0.1) is 17.5 Å². The van der Waals surface area contributed by atoms with Crippen LogP contribution in [-0.2, 0) is 11.8 Å². The fourth-order valence-corrected chi connectivity index (χ4v) is 3.55. The summed E-state index contributed by atoms with van der Waals surface area (Å²) in [6.07, 6.45) is 2.34. The molecule has 0 saturated carbocycles. The lowest BCUT2D eigenvalue weighted by molar-refractivity contribution is 0.0632. The Balaban J connectivity index is 1.84. The molecule has 4 nitrogen and oxygen atoms in total.